The largest absolute Gasteiger partial charge is 0.479 e. The number of fused-ring (bicyclic) bond motifs is 1. The number of ether oxygens (including phenoxy) is 1. The maximum Gasteiger partial charge on any atom is 0.265 e. The molecule has 2 aromatic rings. The summed E-state index contributed by atoms with van der Waals surface area (Å²) in [6.07, 6.45) is 0.823. The molecule has 0 aromatic heterocycles. The molecular weight excluding hydrogens is 346 g/mol. The summed E-state index contributed by atoms with van der Waals surface area (Å²) in [7, 11) is 0. The first-order valence-electron chi connectivity index (χ1n) is 8.84. The molecule has 0 radical (unpaired) electrons. The van der Waals surface area contributed by atoms with Gasteiger partial charge in [-0.25, -0.2) is 0 Å². The van der Waals surface area contributed by atoms with Gasteiger partial charge in [-0.3, -0.25) is 14.4 Å². The van der Waals surface area contributed by atoms with Crippen molar-refractivity contribution in [2.75, 3.05) is 22.1 Å². The van der Waals surface area contributed by atoms with E-state index >= 15 is 0 Å². The molecule has 1 fully saturated rings. The molecule has 0 saturated carbocycles. The van der Waals surface area contributed by atoms with E-state index < -0.39 is 6.10 Å². The van der Waals surface area contributed by atoms with E-state index in [4.69, 9.17) is 4.74 Å². The van der Waals surface area contributed by atoms with Crippen LogP contribution in [-0.4, -0.2) is 30.4 Å². The second kappa shape index (κ2) is 6.75. The van der Waals surface area contributed by atoms with Crippen LogP contribution in [0.2, 0.25) is 0 Å². The highest BCUT2D eigenvalue weighted by atomic mass is 16.5. The lowest BCUT2D eigenvalue weighted by Crippen LogP contribution is -2.34. The number of nitrogens with zero attached hydrogens (tertiary/aromatic N) is 1. The molecular formula is C20H19N3O4. The smallest absolute Gasteiger partial charge is 0.265 e. The Hall–Kier alpha value is -3.35. The molecule has 2 aromatic carbocycles. The van der Waals surface area contributed by atoms with E-state index in [2.05, 4.69) is 10.6 Å². The van der Waals surface area contributed by atoms with Crippen LogP contribution in [0.4, 0.5) is 17.1 Å². The normalized spacial score (nSPS) is 18.6. The Labute approximate surface area is 156 Å². The van der Waals surface area contributed by atoms with E-state index in [1.807, 2.05) is 6.07 Å². The topological polar surface area (TPSA) is 87.7 Å². The van der Waals surface area contributed by atoms with Crippen molar-refractivity contribution in [1.29, 1.82) is 0 Å². The number of nitrogens with one attached hydrogen (secondary N) is 2. The van der Waals surface area contributed by atoms with Gasteiger partial charge in [0.25, 0.3) is 11.8 Å². The maximum atomic E-state index is 12.6. The fraction of sp³-hybridized carbons (Fsp3) is 0.250. The van der Waals surface area contributed by atoms with Crippen LogP contribution >= 0.6 is 0 Å². The van der Waals surface area contributed by atoms with Gasteiger partial charge in [0.2, 0.25) is 5.91 Å². The summed E-state index contributed by atoms with van der Waals surface area (Å²) in [5, 5.41) is 5.57. The predicted molar refractivity (Wildman–Crippen MR) is 101 cm³/mol. The van der Waals surface area contributed by atoms with Crippen molar-refractivity contribution in [2.24, 2.45) is 0 Å². The van der Waals surface area contributed by atoms with Crippen molar-refractivity contribution in [1.82, 2.24) is 0 Å². The van der Waals surface area contributed by atoms with Gasteiger partial charge in [0.1, 0.15) is 5.75 Å². The van der Waals surface area contributed by atoms with Gasteiger partial charge < -0.3 is 20.3 Å². The van der Waals surface area contributed by atoms with Crippen LogP contribution in [0.5, 0.6) is 5.75 Å². The Bertz CT molecular complexity index is 941. The van der Waals surface area contributed by atoms with Crippen LogP contribution in [-0.2, 0) is 9.59 Å². The van der Waals surface area contributed by atoms with Gasteiger partial charge in [-0.2, -0.15) is 0 Å². The second-order valence-electron chi connectivity index (χ2n) is 6.61. The van der Waals surface area contributed by atoms with Crippen molar-refractivity contribution in [3.8, 4) is 5.75 Å². The molecule has 0 unspecified atom stereocenters. The highest BCUT2D eigenvalue weighted by molar-refractivity contribution is 6.06. The molecule has 4 rings (SSSR count). The van der Waals surface area contributed by atoms with Gasteiger partial charge in [-0.15, -0.1) is 0 Å². The van der Waals surface area contributed by atoms with Crippen molar-refractivity contribution in [3.63, 3.8) is 0 Å². The van der Waals surface area contributed by atoms with Gasteiger partial charge in [-0.05, 0) is 49.7 Å². The molecule has 7 nitrogen and oxygen atoms in total. The summed E-state index contributed by atoms with van der Waals surface area (Å²) in [6.45, 7) is 2.35. The molecule has 0 aliphatic carbocycles. The van der Waals surface area contributed by atoms with Gasteiger partial charge in [0, 0.05) is 29.9 Å². The summed E-state index contributed by atoms with van der Waals surface area (Å²) >= 11 is 0. The standard InChI is InChI=1S/C20H19N3O4/c1-12-19(25)22-16-11-14(7-8-17(16)27-12)21-20(26)13-4-2-5-15(10-13)23-9-3-6-18(23)24/h2,4-5,7-8,10-12H,3,6,9H2,1H3,(H,21,26)(H,22,25)/t12-/m1/s1. The number of anilines is 3. The molecule has 0 bridgehead atoms. The summed E-state index contributed by atoms with van der Waals surface area (Å²) < 4.78 is 5.51. The van der Waals surface area contributed by atoms with E-state index in [1.165, 1.54) is 0 Å². The summed E-state index contributed by atoms with van der Waals surface area (Å²) in [5.41, 5.74) is 2.25. The monoisotopic (exact) mass is 365 g/mol. The van der Waals surface area contributed by atoms with E-state index in [9.17, 15) is 14.4 Å². The van der Waals surface area contributed by atoms with E-state index in [-0.39, 0.29) is 17.7 Å². The Kier molecular flexibility index (Phi) is 4.27. The average Bonchev–Trinajstić information content (AvgIpc) is 3.09. The SMILES string of the molecule is C[C@H]1Oc2ccc(NC(=O)c3cccc(N4CCCC4=O)c3)cc2NC1=O. The molecule has 1 atom stereocenters. The molecule has 0 spiro atoms. The zero-order valence-corrected chi connectivity index (χ0v) is 14.8. The zero-order valence-electron chi connectivity index (χ0n) is 14.8. The Morgan fingerprint density at radius 3 is 2.85 bits per heavy atom. The minimum absolute atomic E-state index is 0.0761. The Balaban J connectivity index is 1.52. The van der Waals surface area contributed by atoms with Crippen LogP contribution in [0.1, 0.15) is 30.1 Å². The van der Waals surface area contributed by atoms with Crippen molar-refractivity contribution < 1.29 is 19.1 Å². The number of carbonyl (C=O) groups is 3. The first-order chi connectivity index (χ1) is 13.0. The highest BCUT2D eigenvalue weighted by Crippen LogP contribution is 2.32. The fourth-order valence-electron chi connectivity index (χ4n) is 3.23. The molecule has 2 aliphatic rings. The fourth-order valence-corrected chi connectivity index (χ4v) is 3.23. The van der Waals surface area contributed by atoms with Gasteiger partial charge >= 0.3 is 0 Å². The van der Waals surface area contributed by atoms with E-state index in [0.29, 0.717) is 35.7 Å². The van der Waals surface area contributed by atoms with E-state index in [0.717, 1.165) is 12.1 Å². The maximum absolute atomic E-state index is 12.6. The minimum atomic E-state index is -0.547. The molecule has 2 heterocycles. The Morgan fingerprint density at radius 1 is 1.22 bits per heavy atom. The third kappa shape index (κ3) is 3.36. The first-order valence-corrected chi connectivity index (χ1v) is 8.84. The number of benzene rings is 2. The Morgan fingerprint density at radius 2 is 2.07 bits per heavy atom. The summed E-state index contributed by atoms with van der Waals surface area (Å²) in [6, 6.07) is 12.1. The molecule has 27 heavy (non-hydrogen) atoms. The average molecular weight is 365 g/mol. The van der Waals surface area contributed by atoms with Crippen LogP contribution < -0.4 is 20.3 Å². The molecule has 138 valence electrons. The summed E-state index contributed by atoms with van der Waals surface area (Å²) in [5.74, 6) is 0.121. The van der Waals surface area contributed by atoms with Crippen LogP contribution in [0.15, 0.2) is 42.5 Å². The zero-order chi connectivity index (χ0) is 19.0. The van der Waals surface area contributed by atoms with Crippen LogP contribution in [0.25, 0.3) is 0 Å². The lowest BCUT2D eigenvalue weighted by molar-refractivity contribution is -0.122. The number of carbonyl (C=O) groups excluding carboxylic acids is 3. The quantitative estimate of drug-likeness (QED) is 0.876. The molecule has 7 heteroatoms. The molecule has 1 saturated heterocycles. The lowest BCUT2D eigenvalue weighted by Gasteiger charge is -2.23. The van der Waals surface area contributed by atoms with Crippen molar-refractivity contribution in [3.05, 3.63) is 48.0 Å². The van der Waals surface area contributed by atoms with E-state index in [1.54, 1.807) is 48.2 Å². The minimum Gasteiger partial charge on any atom is -0.479 e. The van der Waals surface area contributed by atoms with Crippen molar-refractivity contribution >= 4 is 34.8 Å². The number of hydrogen-bond donors (Lipinski definition) is 2. The third-order valence-electron chi connectivity index (χ3n) is 4.66. The van der Waals surface area contributed by atoms with Crippen molar-refractivity contribution in [2.45, 2.75) is 25.9 Å². The molecule has 2 N–H and O–H groups in total. The number of amides is 3. The van der Waals surface area contributed by atoms with Crippen LogP contribution in [0, 0.1) is 0 Å². The second-order valence-corrected chi connectivity index (χ2v) is 6.61. The van der Waals surface area contributed by atoms with Gasteiger partial charge in [0.15, 0.2) is 6.10 Å². The third-order valence-corrected chi connectivity index (χ3v) is 4.66. The predicted octanol–water partition coefficient (Wildman–Crippen LogP) is 2.79. The highest BCUT2D eigenvalue weighted by Gasteiger charge is 2.24. The lowest BCUT2D eigenvalue weighted by atomic mass is 10.1. The first kappa shape index (κ1) is 17.1. The van der Waals surface area contributed by atoms with Gasteiger partial charge in [0.05, 0.1) is 5.69 Å². The molecule has 2 aliphatic heterocycles. The van der Waals surface area contributed by atoms with Gasteiger partial charge in [-0.1, -0.05) is 6.07 Å². The number of hydrogen-bond acceptors (Lipinski definition) is 4. The number of rotatable bonds is 3. The molecule has 3 amide bonds. The van der Waals surface area contributed by atoms with Crippen LogP contribution in [0.3, 0.4) is 0 Å². The summed E-state index contributed by atoms with van der Waals surface area (Å²) in [4.78, 5) is 38.0.